The number of alkyl halides is 3. The Morgan fingerprint density at radius 3 is 2.92 bits per heavy atom. The molecule has 0 bridgehead atoms. The minimum absolute atomic E-state index is 0.0473. The lowest BCUT2D eigenvalue weighted by Crippen LogP contribution is -2.55. The molecule has 1 fully saturated rings. The normalized spacial score (nSPS) is 19.9. The summed E-state index contributed by atoms with van der Waals surface area (Å²) in [6.45, 7) is -3.02. The highest BCUT2D eigenvalue weighted by Crippen LogP contribution is 2.36. The van der Waals surface area contributed by atoms with Crippen molar-refractivity contribution in [3.8, 4) is 17.0 Å². The van der Waals surface area contributed by atoms with Gasteiger partial charge in [-0.2, -0.15) is 4.98 Å². The van der Waals surface area contributed by atoms with Crippen LogP contribution in [0.15, 0.2) is 24.4 Å². The molecule has 1 saturated heterocycles. The zero-order valence-corrected chi connectivity index (χ0v) is 19.8. The Balaban J connectivity index is 1.47. The Morgan fingerprint density at radius 2 is 2.22 bits per heavy atom. The number of likely N-dealkylation sites (tertiary alicyclic amines) is 1. The molecule has 0 saturated carbocycles. The Hall–Kier alpha value is -3.97. The van der Waals surface area contributed by atoms with Crippen LogP contribution < -0.4 is 10.1 Å². The summed E-state index contributed by atoms with van der Waals surface area (Å²) in [4.78, 5) is 16.8. The van der Waals surface area contributed by atoms with Crippen molar-refractivity contribution >= 4 is 28.4 Å². The van der Waals surface area contributed by atoms with Gasteiger partial charge in [0.1, 0.15) is 17.2 Å². The molecule has 1 aliphatic rings. The van der Waals surface area contributed by atoms with E-state index in [1.165, 1.54) is 18.7 Å². The lowest BCUT2D eigenvalue weighted by Gasteiger charge is -2.38. The monoisotopic (exact) mass is 523 g/mol. The van der Waals surface area contributed by atoms with Crippen LogP contribution in [-0.4, -0.2) is 78.7 Å². The van der Waals surface area contributed by atoms with E-state index < -0.39 is 43.3 Å². The van der Waals surface area contributed by atoms with Crippen molar-refractivity contribution in [2.75, 3.05) is 25.5 Å². The third-order valence-electron chi connectivity index (χ3n) is 6.16. The number of hydrogen-bond acceptors (Lipinski definition) is 7. The maximum Gasteiger partial charge on any atom is 0.285 e. The van der Waals surface area contributed by atoms with Crippen LogP contribution in [0.3, 0.4) is 0 Å². The van der Waals surface area contributed by atoms with Gasteiger partial charge in [0.25, 0.3) is 5.92 Å². The van der Waals surface area contributed by atoms with E-state index >= 15 is 4.39 Å². The Kier molecular flexibility index (Phi) is 5.23. The molecule has 4 heterocycles. The van der Waals surface area contributed by atoms with E-state index in [1.807, 2.05) is 0 Å². The van der Waals surface area contributed by atoms with E-state index in [2.05, 4.69) is 25.7 Å². The summed E-state index contributed by atoms with van der Waals surface area (Å²) in [7, 11) is 1.28. The summed E-state index contributed by atoms with van der Waals surface area (Å²) in [6, 6.07) is 3.26. The average Bonchev–Trinajstić information content (AvgIpc) is 3.42. The smallest absolute Gasteiger partial charge is 0.285 e. The van der Waals surface area contributed by atoms with Crippen LogP contribution in [0.5, 0.6) is 5.88 Å². The number of methoxy groups -OCH3 is 1. The third-order valence-corrected chi connectivity index (χ3v) is 6.16. The lowest BCUT2D eigenvalue weighted by molar-refractivity contribution is -0.140. The highest BCUT2D eigenvalue weighted by molar-refractivity contribution is 5.89. The first kappa shape index (κ1) is 21.1. The van der Waals surface area contributed by atoms with Gasteiger partial charge in [-0.05, 0) is 31.0 Å². The van der Waals surface area contributed by atoms with Gasteiger partial charge in [0.15, 0.2) is 5.82 Å². The highest BCUT2D eigenvalue weighted by atomic mass is 19.3. The van der Waals surface area contributed by atoms with Crippen LogP contribution in [0.25, 0.3) is 27.7 Å². The summed E-state index contributed by atoms with van der Waals surface area (Å²) in [5, 5.41) is 14.6. The number of carbonyl (C=O) groups is 1. The number of nitrogens with zero attached hydrogens (tertiary/aromatic N) is 7. The van der Waals surface area contributed by atoms with Gasteiger partial charge in [0.2, 0.25) is 17.7 Å². The number of hydrogen-bond donors (Lipinski definition) is 1. The summed E-state index contributed by atoms with van der Waals surface area (Å²) in [5.74, 6) is -5.97. The predicted molar refractivity (Wildman–Crippen MR) is 126 cm³/mol. The van der Waals surface area contributed by atoms with Crippen LogP contribution in [0.4, 0.5) is 23.5 Å². The second-order valence-corrected chi connectivity index (χ2v) is 8.82. The minimum Gasteiger partial charge on any atom is -0.479 e. The number of piperidine rings is 1. The first-order valence-electron chi connectivity index (χ1n) is 12.8. The third kappa shape index (κ3) is 4.51. The van der Waals surface area contributed by atoms with E-state index in [0.29, 0.717) is 21.5 Å². The van der Waals surface area contributed by atoms with E-state index in [0.717, 1.165) is 10.7 Å². The zero-order chi connectivity index (χ0) is 29.0. The fourth-order valence-electron chi connectivity index (χ4n) is 4.44. The van der Waals surface area contributed by atoms with Crippen LogP contribution in [0.2, 0.25) is 0 Å². The molecule has 1 aliphatic heterocycles. The zero-order valence-electron chi connectivity index (χ0n) is 22.8. The first-order valence-corrected chi connectivity index (χ1v) is 11.3. The van der Waals surface area contributed by atoms with Gasteiger partial charge in [0, 0.05) is 17.5 Å². The number of amides is 1. The molecule has 10 nitrogen and oxygen atoms in total. The largest absolute Gasteiger partial charge is 0.479 e. The van der Waals surface area contributed by atoms with Gasteiger partial charge in [-0.25, -0.2) is 26.8 Å². The van der Waals surface area contributed by atoms with Crippen molar-refractivity contribution < 1.29 is 31.2 Å². The molecule has 1 aromatic carbocycles. The van der Waals surface area contributed by atoms with Crippen molar-refractivity contribution in [2.24, 2.45) is 0 Å². The second-order valence-electron chi connectivity index (χ2n) is 8.82. The molecule has 2 atom stereocenters. The molecule has 0 radical (unpaired) electrons. The molecule has 0 unspecified atom stereocenters. The molecular formula is C23H24F4N8O2. The summed E-state index contributed by atoms with van der Waals surface area (Å²) in [5.41, 5.74) is 1.52. The second kappa shape index (κ2) is 9.16. The molecule has 3 aromatic heterocycles. The molecule has 4 aromatic rings. The van der Waals surface area contributed by atoms with Crippen molar-refractivity contribution in [3.63, 3.8) is 0 Å². The van der Waals surface area contributed by atoms with Crippen molar-refractivity contribution in [2.45, 2.75) is 44.9 Å². The summed E-state index contributed by atoms with van der Waals surface area (Å²) in [6.07, 6.45) is -0.441. The molecule has 1 amide bonds. The Labute approximate surface area is 212 Å². The number of fused-ring (bicyclic) bond motifs is 2. The van der Waals surface area contributed by atoms with Crippen molar-refractivity contribution in [3.05, 3.63) is 30.2 Å². The number of halogens is 4. The highest BCUT2D eigenvalue weighted by Gasteiger charge is 2.46. The fraction of sp³-hybridized carbons (Fsp3) is 0.435. The van der Waals surface area contributed by atoms with Crippen LogP contribution in [0.1, 0.15) is 24.3 Å². The lowest BCUT2D eigenvalue weighted by atomic mass is 10.0. The summed E-state index contributed by atoms with van der Waals surface area (Å²) >= 11 is 0. The topological polar surface area (TPSA) is 102 Å². The maximum atomic E-state index is 15.3. The van der Waals surface area contributed by atoms with Crippen molar-refractivity contribution in [1.29, 1.82) is 0 Å². The molecule has 1 N–H and O–H groups in total. The van der Waals surface area contributed by atoms with Gasteiger partial charge in [-0.3, -0.25) is 4.79 Å². The molecular weight excluding hydrogens is 496 g/mol. The van der Waals surface area contributed by atoms with Crippen LogP contribution >= 0.6 is 0 Å². The van der Waals surface area contributed by atoms with Crippen LogP contribution in [0, 0.1) is 5.82 Å². The number of ether oxygens (including phenoxy) is 1. The number of benzene rings is 1. The number of aromatic nitrogens is 6. The molecule has 14 heteroatoms. The van der Waals surface area contributed by atoms with Crippen LogP contribution in [-0.2, 0) is 11.3 Å². The maximum absolute atomic E-state index is 15.3. The molecule has 37 heavy (non-hydrogen) atoms. The van der Waals surface area contributed by atoms with Gasteiger partial charge in [-0.15, -0.1) is 10.2 Å². The SMILES string of the molecule is [2H]C([2H])([2H])C(=O)N1CC[C@@H](Nc2nc(OC)c3c(-c4ccc5nnn(C[C@@H](C)F)c5c4)c(F)cn3n2)C(F)(F)C1. The number of rotatable bonds is 6. The number of nitrogens with one attached hydrogen (secondary N) is 1. The van der Waals surface area contributed by atoms with E-state index in [4.69, 9.17) is 8.85 Å². The Bertz CT molecular complexity index is 1590. The quantitative estimate of drug-likeness (QED) is 0.387. The van der Waals surface area contributed by atoms with Gasteiger partial charge in [-0.1, -0.05) is 11.3 Å². The first-order chi connectivity index (χ1) is 18.8. The van der Waals surface area contributed by atoms with E-state index in [1.54, 1.807) is 18.2 Å². The van der Waals surface area contributed by atoms with Gasteiger partial charge >= 0.3 is 0 Å². The van der Waals surface area contributed by atoms with Gasteiger partial charge in [0.05, 0.1) is 43.5 Å². The predicted octanol–water partition coefficient (Wildman–Crippen LogP) is 3.31. The average molecular weight is 524 g/mol. The number of anilines is 1. The minimum atomic E-state index is -3.51. The fourth-order valence-corrected chi connectivity index (χ4v) is 4.44. The molecule has 0 spiro atoms. The molecule has 0 aliphatic carbocycles. The summed E-state index contributed by atoms with van der Waals surface area (Å²) < 4.78 is 88.2. The molecule has 5 rings (SSSR count). The standard InChI is InChI=1S/C23H24F4N8O2/c1-12(24)9-34-17-8-14(4-5-16(17)30-32-34)19-15(25)10-35-20(19)21(37-3)29-22(31-35)28-18-6-7-33(13(2)36)11-23(18,26)27/h4-5,8,10,12,18H,6-7,9,11H2,1-3H3,(H,28,31)/t12-,18-/m1/s1/i2D3. The Morgan fingerprint density at radius 1 is 1.41 bits per heavy atom. The number of carbonyl (C=O) groups excluding carboxylic acids is 1. The van der Waals surface area contributed by atoms with E-state index in [9.17, 15) is 18.0 Å². The van der Waals surface area contributed by atoms with Crippen molar-refractivity contribution in [1.82, 2.24) is 34.5 Å². The van der Waals surface area contributed by atoms with Gasteiger partial charge < -0.3 is 15.0 Å². The molecule has 196 valence electrons. The van der Waals surface area contributed by atoms with E-state index in [-0.39, 0.29) is 42.4 Å².